The van der Waals surface area contributed by atoms with E-state index >= 15 is 0 Å². The molecule has 0 atom stereocenters. The topological polar surface area (TPSA) is 68.0 Å². The molecule has 0 saturated carbocycles. The SMILES string of the molecule is Cc1nc(C)c(-c2ccc(B3OC(C)(C)C(C)(C)O3)cc2)nc1C#N. The van der Waals surface area contributed by atoms with Gasteiger partial charge in [0.1, 0.15) is 6.07 Å². The number of nitrogens with zero attached hydrogens (tertiary/aromatic N) is 3. The van der Waals surface area contributed by atoms with Crippen LogP contribution in [-0.2, 0) is 9.31 Å². The molecule has 3 rings (SSSR count). The quantitative estimate of drug-likeness (QED) is 0.790. The van der Waals surface area contributed by atoms with Gasteiger partial charge in [0.25, 0.3) is 0 Å². The van der Waals surface area contributed by atoms with Crippen LogP contribution in [0.2, 0.25) is 0 Å². The number of rotatable bonds is 2. The molecule has 0 N–H and O–H groups in total. The Hall–Kier alpha value is -2.23. The Kier molecular flexibility index (Phi) is 4.18. The lowest BCUT2D eigenvalue weighted by molar-refractivity contribution is 0.00578. The highest BCUT2D eigenvalue weighted by Crippen LogP contribution is 2.36. The molecular formula is C19H22BN3O2. The van der Waals surface area contributed by atoms with Crippen molar-refractivity contribution in [3.63, 3.8) is 0 Å². The highest BCUT2D eigenvalue weighted by atomic mass is 16.7. The minimum atomic E-state index is -0.390. The van der Waals surface area contributed by atoms with Crippen molar-refractivity contribution in [2.24, 2.45) is 0 Å². The van der Waals surface area contributed by atoms with Crippen molar-refractivity contribution in [2.75, 3.05) is 0 Å². The molecule has 0 aliphatic carbocycles. The normalized spacial score (nSPS) is 18.2. The lowest BCUT2D eigenvalue weighted by atomic mass is 9.78. The molecule has 0 amide bonds. The van der Waals surface area contributed by atoms with Gasteiger partial charge in [0.15, 0.2) is 5.69 Å². The summed E-state index contributed by atoms with van der Waals surface area (Å²) in [6.07, 6.45) is 0. The summed E-state index contributed by atoms with van der Waals surface area (Å²) in [5.74, 6) is 0. The monoisotopic (exact) mass is 335 g/mol. The van der Waals surface area contributed by atoms with E-state index in [1.54, 1.807) is 6.92 Å². The molecule has 1 aromatic carbocycles. The highest BCUT2D eigenvalue weighted by Gasteiger charge is 2.51. The summed E-state index contributed by atoms with van der Waals surface area (Å²) in [5.41, 5.74) is 3.69. The Morgan fingerprint density at radius 1 is 0.920 bits per heavy atom. The molecule has 0 unspecified atom stereocenters. The molecule has 1 fully saturated rings. The third kappa shape index (κ3) is 3.06. The van der Waals surface area contributed by atoms with Crippen LogP contribution in [0.15, 0.2) is 24.3 Å². The van der Waals surface area contributed by atoms with E-state index in [2.05, 4.69) is 16.0 Å². The second-order valence-corrected chi connectivity index (χ2v) is 7.41. The van der Waals surface area contributed by atoms with Crippen molar-refractivity contribution < 1.29 is 9.31 Å². The maximum Gasteiger partial charge on any atom is 0.494 e. The molecule has 2 heterocycles. The molecule has 6 heteroatoms. The second kappa shape index (κ2) is 5.94. The van der Waals surface area contributed by atoms with Crippen LogP contribution in [-0.4, -0.2) is 28.3 Å². The summed E-state index contributed by atoms with van der Waals surface area (Å²) in [6.45, 7) is 11.8. The van der Waals surface area contributed by atoms with Gasteiger partial charge < -0.3 is 9.31 Å². The minimum Gasteiger partial charge on any atom is -0.399 e. The van der Waals surface area contributed by atoms with Crippen LogP contribution in [0, 0.1) is 25.2 Å². The third-order valence-corrected chi connectivity index (χ3v) is 5.06. The molecule has 1 aliphatic rings. The van der Waals surface area contributed by atoms with Crippen molar-refractivity contribution in [3.8, 4) is 17.3 Å². The highest BCUT2D eigenvalue weighted by molar-refractivity contribution is 6.62. The van der Waals surface area contributed by atoms with Crippen LogP contribution in [0.1, 0.15) is 44.8 Å². The summed E-state index contributed by atoms with van der Waals surface area (Å²) in [6, 6.07) is 9.98. The molecule has 1 aliphatic heterocycles. The van der Waals surface area contributed by atoms with Crippen molar-refractivity contribution in [3.05, 3.63) is 41.3 Å². The number of aromatic nitrogens is 2. The van der Waals surface area contributed by atoms with Crippen LogP contribution in [0.4, 0.5) is 0 Å². The van der Waals surface area contributed by atoms with Gasteiger partial charge in [-0.25, -0.2) is 4.98 Å². The zero-order valence-electron chi connectivity index (χ0n) is 15.5. The van der Waals surface area contributed by atoms with Crippen molar-refractivity contribution in [1.29, 1.82) is 5.26 Å². The van der Waals surface area contributed by atoms with Crippen LogP contribution in [0.25, 0.3) is 11.3 Å². The van der Waals surface area contributed by atoms with Gasteiger partial charge in [-0.3, -0.25) is 4.98 Å². The summed E-state index contributed by atoms with van der Waals surface area (Å²) in [7, 11) is -0.390. The Bertz CT molecular complexity index is 838. The summed E-state index contributed by atoms with van der Waals surface area (Å²) in [4.78, 5) is 8.87. The number of benzene rings is 1. The largest absolute Gasteiger partial charge is 0.494 e. The van der Waals surface area contributed by atoms with Crippen molar-refractivity contribution in [2.45, 2.75) is 52.7 Å². The predicted molar refractivity (Wildman–Crippen MR) is 97.4 cm³/mol. The summed E-state index contributed by atoms with van der Waals surface area (Å²) < 4.78 is 12.2. The summed E-state index contributed by atoms with van der Waals surface area (Å²) in [5, 5.41) is 9.18. The molecule has 2 aromatic rings. The van der Waals surface area contributed by atoms with E-state index < -0.39 is 0 Å². The number of aryl methyl sites for hydroxylation is 2. The van der Waals surface area contributed by atoms with Gasteiger partial charge in [-0.05, 0) is 47.0 Å². The van der Waals surface area contributed by atoms with Gasteiger partial charge in [0.05, 0.1) is 28.3 Å². The van der Waals surface area contributed by atoms with Crippen molar-refractivity contribution >= 4 is 12.6 Å². The average Bonchev–Trinajstić information content (AvgIpc) is 2.76. The zero-order valence-corrected chi connectivity index (χ0v) is 15.5. The first-order valence-electron chi connectivity index (χ1n) is 8.36. The fraction of sp³-hybridized carbons (Fsp3) is 0.421. The molecule has 128 valence electrons. The van der Waals surface area contributed by atoms with Crippen LogP contribution in [0.3, 0.4) is 0 Å². The van der Waals surface area contributed by atoms with E-state index in [0.717, 1.165) is 22.4 Å². The maximum absolute atomic E-state index is 9.18. The molecular weight excluding hydrogens is 313 g/mol. The fourth-order valence-corrected chi connectivity index (χ4v) is 2.79. The van der Waals surface area contributed by atoms with Crippen LogP contribution in [0.5, 0.6) is 0 Å². The Balaban J connectivity index is 1.91. The van der Waals surface area contributed by atoms with E-state index in [4.69, 9.17) is 9.31 Å². The van der Waals surface area contributed by atoms with Gasteiger partial charge in [0.2, 0.25) is 0 Å². The Morgan fingerprint density at radius 2 is 1.48 bits per heavy atom. The second-order valence-electron chi connectivity index (χ2n) is 7.41. The van der Waals surface area contributed by atoms with Gasteiger partial charge in [-0.1, -0.05) is 24.3 Å². The zero-order chi connectivity index (χ0) is 18.4. The molecule has 1 aromatic heterocycles. The average molecular weight is 335 g/mol. The lowest BCUT2D eigenvalue weighted by Crippen LogP contribution is -2.41. The number of hydrogen-bond donors (Lipinski definition) is 0. The van der Waals surface area contributed by atoms with E-state index in [0.29, 0.717) is 11.4 Å². The third-order valence-electron chi connectivity index (χ3n) is 5.06. The first-order valence-corrected chi connectivity index (χ1v) is 8.36. The number of nitriles is 1. The van der Waals surface area contributed by atoms with Crippen LogP contribution >= 0.6 is 0 Å². The molecule has 0 radical (unpaired) electrons. The van der Waals surface area contributed by atoms with E-state index in [1.165, 1.54) is 0 Å². The number of hydrogen-bond acceptors (Lipinski definition) is 5. The first kappa shape index (κ1) is 17.6. The van der Waals surface area contributed by atoms with Crippen molar-refractivity contribution in [1.82, 2.24) is 9.97 Å². The van der Waals surface area contributed by atoms with Gasteiger partial charge >= 0.3 is 7.12 Å². The lowest BCUT2D eigenvalue weighted by Gasteiger charge is -2.32. The Morgan fingerprint density at radius 3 is 2.00 bits per heavy atom. The van der Waals surface area contributed by atoms with Gasteiger partial charge in [0, 0.05) is 5.56 Å². The van der Waals surface area contributed by atoms with Crippen LogP contribution < -0.4 is 5.46 Å². The molecule has 25 heavy (non-hydrogen) atoms. The smallest absolute Gasteiger partial charge is 0.399 e. The van der Waals surface area contributed by atoms with E-state index in [-0.39, 0.29) is 18.3 Å². The molecule has 0 spiro atoms. The standard InChI is InChI=1S/C19H22BN3O2/c1-12-16(11-21)23-17(13(2)22-12)14-7-9-15(10-8-14)20-24-18(3,4)19(5,6)25-20/h7-10H,1-6H3. The van der Waals surface area contributed by atoms with Gasteiger partial charge in [-0.2, -0.15) is 5.26 Å². The molecule has 0 bridgehead atoms. The molecule has 5 nitrogen and oxygen atoms in total. The minimum absolute atomic E-state index is 0.357. The van der Waals surface area contributed by atoms with Gasteiger partial charge in [-0.15, -0.1) is 0 Å². The Labute approximate surface area is 149 Å². The summed E-state index contributed by atoms with van der Waals surface area (Å²) >= 11 is 0. The van der Waals surface area contributed by atoms with E-state index in [1.807, 2.05) is 58.9 Å². The predicted octanol–water partition coefficient (Wildman–Crippen LogP) is 2.93. The maximum atomic E-state index is 9.18. The first-order chi connectivity index (χ1) is 11.6. The fourth-order valence-electron chi connectivity index (χ4n) is 2.79. The molecule has 1 saturated heterocycles. The van der Waals surface area contributed by atoms with E-state index in [9.17, 15) is 5.26 Å².